The molecule has 4 aromatic rings. The molecular formula is C22H17ClN4OS2. The molecule has 0 saturated carbocycles. The van der Waals surface area contributed by atoms with E-state index in [2.05, 4.69) is 34.7 Å². The summed E-state index contributed by atoms with van der Waals surface area (Å²) < 4.78 is 0. The van der Waals surface area contributed by atoms with Crippen LogP contribution < -0.4 is 5.48 Å². The highest BCUT2D eigenvalue weighted by Gasteiger charge is 2.24. The number of aryl methyl sites for hydroxylation is 1. The third-order valence-corrected chi connectivity index (χ3v) is 7.03. The fourth-order valence-electron chi connectivity index (χ4n) is 3.25. The maximum Gasteiger partial charge on any atom is 0.156 e. The Kier molecular flexibility index (Phi) is 5.43. The Bertz CT molecular complexity index is 1240. The first-order valence-electron chi connectivity index (χ1n) is 9.38. The number of halogens is 1. The molecule has 150 valence electrons. The summed E-state index contributed by atoms with van der Waals surface area (Å²) >= 11 is 9.31. The summed E-state index contributed by atoms with van der Waals surface area (Å²) in [5, 5.41) is 11.4. The van der Waals surface area contributed by atoms with Crippen LogP contribution in [0.25, 0.3) is 10.9 Å². The summed E-state index contributed by atoms with van der Waals surface area (Å²) in [6.07, 6.45) is 0. The molecule has 0 spiro atoms. The number of aliphatic imine (C=N–C) groups is 1. The van der Waals surface area contributed by atoms with Gasteiger partial charge in [0.15, 0.2) is 5.84 Å². The van der Waals surface area contributed by atoms with Gasteiger partial charge in [0.2, 0.25) is 0 Å². The van der Waals surface area contributed by atoms with Crippen LogP contribution in [0.3, 0.4) is 0 Å². The normalized spacial score (nSPS) is 16.3. The SMILES string of the molecule is Cc1ccc([C@H]2CONC(c3c(Sc4ccc(Cl)cc4)nnc4ccccc34)=N2)s1. The molecule has 0 unspecified atom stereocenters. The number of rotatable bonds is 4. The molecule has 0 saturated heterocycles. The number of thiophene rings is 1. The van der Waals surface area contributed by atoms with Crippen LogP contribution in [0, 0.1) is 6.92 Å². The molecule has 8 heteroatoms. The summed E-state index contributed by atoms with van der Waals surface area (Å²) in [6, 6.07) is 19.8. The van der Waals surface area contributed by atoms with Crippen molar-refractivity contribution < 1.29 is 4.84 Å². The van der Waals surface area contributed by atoms with Crippen molar-refractivity contribution in [1.29, 1.82) is 0 Å². The Balaban J connectivity index is 1.62. The van der Waals surface area contributed by atoms with Gasteiger partial charge in [0.05, 0.1) is 11.1 Å². The molecule has 1 aliphatic rings. The number of hydrogen-bond acceptors (Lipinski definition) is 7. The van der Waals surface area contributed by atoms with Crippen LogP contribution in [-0.4, -0.2) is 22.6 Å². The maximum atomic E-state index is 6.04. The van der Waals surface area contributed by atoms with E-state index in [4.69, 9.17) is 21.4 Å². The van der Waals surface area contributed by atoms with Crippen molar-refractivity contribution in [3.63, 3.8) is 0 Å². The standard InChI is InChI=1S/C22H17ClN4OS2/c1-13-6-11-19(29-13)18-12-28-27-21(24-18)20-16-4-2-3-5-17(16)25-26-22(20)30-15-9-7-14(23)8-10-15/h2-11,18H,12H2,1H3,(H,24,27)/t18-/m1/s1. The van der Waals surface area contributed by atoms with Crippen molar-refractivity contribution >= 4 is 51.4 Å². The molecule has 5 rings (SSSR count). The smallest absolute Gasteiger partial charge is 0.156 e. The molecule has 0 amide bonds. The topological polar surface area (TPSA) is 59.4 Å². The number of aromatic nitrogens is 2. The molecule has 2 aromatic heterocycles. The molecule has 2 aromatic carbocycles. The Morgan fingerprint density at radius 1 is 1.07 bits per heavy atom. The molecule has 0 radical (unpaired) electrons. The fraction of sp³-hybridized carbons (Fsp3) is 0.136. The van der Waals surface area contributed by atoms with Gasteiger partial charge in [0.25, 0.3) is 0 Å². The van der Waals surface area contributed by atoms with E-state index < -0.39 is 0 Å². The summed E-state index contributed by atoms with van der Waals surface area (Å²) in [5.74, 6) is 0.667. The molecule has 0 fully saturated rings. The van der Waals surface area contributed by atoms with Crippen LogP contribution in [0.2, 0.25) is 5.02 Å². The van der Waals surface area contributed by atoms with Crippen LogP contribution in [0.1, 0.15) is 21.4 Å². The summed E-state index contributed by atoms with van der Waals surface area (Å²) in [6.45, 7) is 2.58. The molecule has 1 aliphatic heterocycles. The van der Waals surface area contributed by atoms with Crippen molar-refractivity contribution in [2.75, 3.05) is 6.61 Å². The lowest BCUT2D eigenvalue weighted by Crippen LogP contribution is -2.33. The number of amidine groups is 1. The van der Waals surface area contributed by atoms with Crippen LogP contribution in [-0.2, 0) is 4.84 Å². The highest BCUT2D eigenvalue weighted by atomic mass is 35.5. The number of fused-ring (bicyclic) bond motifs is 1. The number of benzene rings is 2. The zero-order valence-corrected chi connectivity index (χ0v) is 18.4. The molecule has 0 aliphatic carbocycles. The second-order valence-corrected chi connectivity index (χ2v) is 9.63. The average Bonchev–Trinajstić information content (AvgIpc) is 3.22. The van der Waals surface area contributed by atoms with E-state index in [0.717, 1.165) is 26.4 Å². The molecule has 1 atom stereocenters. The molecule has 3 heterocycles. The molecule has 1 N–H and O–H groups in total. The minimum absolute atomic E-state index is 0.0553. The van der Waals surface area contributed by atoms with Gasteiger partial charge in [-0.15, -0.1) is 21.5 Å². The first-order chi connectivity index (χ1) is 14.7. The van der Waals surface area contributed by atoms with Crippen LogP contribution in [0.4, 0.5) is 0 Å². The lowest BCUT2D eigenvalue weighted by Gasteiger charge is -2.22. The largest absolute Gasteiger partial charge is 0.272 e. The molecule has 30 heavy (non-hydrogen) atoms. The van der Waals surface area contributed by atoms with E-state index in [9.17, 15) is 0 Å². The lowest BCUT2D eigenvalue weighted by atomic mass is 10.1. The Hall–Kier alpha value is -2.45. The van der Waals surface area contributed by atoms with Crippen molar-refractivity contribution in [2.45, 2.75) is 22.9 Å². The maximum absolute atomic E-state index is 6.04. The minimum Gasteiger partial charge on any atom is -0.272 e. The van der Waals surface area contributed by atoms with Gasteiger partial charge in [-0.05, 0) is 49.4 Å². The predicted octanol–water partition coefficient (Wildman–Crippen LogP) is 5.83. The van der Waals surface area contributed by atoms with Crippen molar-refractivity contribution in [3.8, 4) is 0 Å². The van der Waals surface area contributed by atoms with Gasteiger partial charge in [0, 0.05) is 25.1 Å². The van der Waals surface area contributed by atoms with Crippen LogP contribution in [0.5, 0.6) is 0 Å². The van der Waals surface area contributed by atoms with E-state index in [1.807, 2.05) is 48.5 Å². The van der Waals surface area contributed by atoms with Crippen molar-refractivity contribution in [1.82, 2.24) is 15.7 Å². The molecular weight excluding hydrogens is 436 g/mol. The molecule has 5 nitrogen and oxygen atoms in total. The number of nitrogens with zero attached hydrogens (tertiary/aromatic N) is 3. The summed E-state index contributed by atoms with van der Waals surface area (Å²) in [7, 11) is 0. The number of nitrogens with one attached hydrogen (secondary N) is 1. The van der Waals surface area contributed by atoms with E-state index in [0.29, 0.717) is 17.5 Å². The zero-order valence-electron chi connectivity index (χ0n) is 16.0. The van der Waals surface area contributed by atoms with Gasteiger partial charge in [0.1, 0.15) is 17.7 Å². The van der Waals surface area contributed by atoms with Crippen LogP contribution >= 0.6 is 34.7 Å². The van der Waals surface area contributed by atoms with Gasteiger partial charge in [-0.1, -0.05) is 41.6 Å². The van der Waals surface area contributed by atoms with E-state index >= 15 is 0 Å². The lowest BCUT2D eigenvalue weighted by molar-refractivity contribution is 0.0628. The first-order valence-corrected chi connectivity index (χ1v) is 11.4. The Morgan fingerprint density at radius 2 is 1.90 bits per heavy atom. The van der Waals surface area contributed by atoms with Crippen LogP contribution in [0.15, 0.2) is 75.6 Å². The third-order valence-electron chi connectivity index (χ3n) is 4.69. The highest BCUT2D eigenvalue weighted by Crippen LogP contribution is 2.34. The number of hydrogen-bond donors (Lipinski definition) is 1. The quantitative estimate of drug-likeness (QED) is 0.422. The number of hydroxylamine groups is 1. The van der Waals surface area contributed by atoms with E-state index in [-0.39, 0.29) is 6.04 Å². The molecule has 0 bridgehead atoms. The Labute approximate surface area is 187 Å². The minimum atomic E-state index is -0.0553. The van der Waals surface area contributed by atoms with E-state index in [1.54, 1.807) is 11.3 Å². The van der Waals surface area contributed by atoms with Gasteiger partial charge >= 0.3 is 0 Å². The monoisotopic (exact) mass is 452 g/mol. The summed E-state index contributed by atoms with van der Waals surface area (Å²) in [4.78, 5) is 14.2. The Morgan fingerprint density at radius 3 is 2.70 bits per heavy atom. The van der Waals surface area contributed by atoms with E-state index in [1.165, 1.54) is 21.5 Å². The second-order valence-electron chi connectivity index (χ2n) is 6.81. The zero-order chi connectivity index (χ0) is 20.5. The second kappa shape index (κ2) is 8.35. The van der Waals surface area contributed by atoms with Crippen molar-refractivity contribution in [2.24, 2.45) is 4.99 Å². The summed E-state index contributed by atoms with van der Waals surface area (Å²) in [5.41, 5.74) is 4.72. The van der Waals surface area contributed by atoms with Gasteiger partial charge in [-0.25, -0.2) is 5.48 Å². The van der Waals surface area contributed by atoms with Crippen molar-refractivity contribution in [3.05, 3.63) is 81.0 Å². The predicted molar refractivity (Wildman–Crippen MR) is 123 cm³/mol. The van der Waals surface area contributed by atoms with Gasteiger partial charge in [-0.3, -0.25) is 9.83 Å². The van der Waals surface area contributed by atoms with Gasteiger partial charge in [-0.2, -0.15) is 0 Å². The first kappa shape index (κ1) is 19.5. The fourth-order valence-corrected chi connectivity index (χ4v) is 5.17. The van der Waals surface area contributed by atoms with Gasteiger partial charge < -0.3 is 0 Å². The third kappa shape index (κ3) is 3.94. The average molecular weight is 453 g/mol. The highest BCUT2D eigenvalue weighted by molar-refractivity contribution is 7.99.